The number of carbonyl (C=O) groups is 2. The van der Waals surface area contributed by atoms with Gasteiger partial charge in [0.1, 0.15) is 6.54 Å². The summed E-state index contributed by atoms with van der Waals surface area (Å²) in [6.45, 7) is 4.38. The summed E-state index contributed by atoms with van der Waals surface area (Å²) < 4.78 is 0. The lowest BCUT2D eigenvalue weighted by atomic mass is 9.40. The molecular weight excluding hydrogens is 242 g/mol. The van der Waals surface area contributed by atoms with Crippen LogP contribution in [0.4, 0.5) is 0 Å². The van der Waals surface area contributed by atoms with Crippen molar-refractivity contribution in [1.29, 1.82) is 0 Å². The zero-order valence-electron chi connectivity index (χ0n) is 11.8. The Morgan fingerprint density at radius 1 is 1.11 bits per heavy atom. The van der Waals surface area contributed by atoms with E-state index in [2.05, 4.69) is 19.2 Å². The third-order valence-corrected chi connectivity index (χ3v) is 5.51. The van der Waals surface area contributed by atoms with Gasteiger partial charge in [0.2, 0.25) is 5.91 Å². The Morgan fingerprint density at radius 2 is 1.68 bits per heavy atom. The second kappa shape index (κ2) is 3.74. The van der Waals surface area contributed by atoms with Crippen LogP contribution < -0.4 is 5.32 Å². The molecule has 4 nitrogen and oxygen atoms in total. The predicted octanol–water partition coefficient (Wildman–Crippen LogP) is 2.18. The van der Waals surface area contributed by atoms with Gasteiger partial charge in [0.05, 0.1) is 5.41 Å². The lowest BCUT2D eigenvalue weighted by molar-refractivity contribution is -0.170. The Labute approximate surface area is 113 Å². The van der Waals surface area contributed by atoms with Crippen LogP contribution in [0.25, 0.3) is 0 Å². The first-order valence-electron chi connectivity index (χ1n) is 7.25. The minimum Gasteiger partial charge on any atom is -0.480 e. The molecule has 0 aromatic heterocycles. The standard InChI is InChI=1S/C15H23NO3/c1-13-3-10-4-14(2,7-13)9-15(5-10,8-13)12(19)16-6-11(17)18/h10H,3-9H2,1-2H3,(H,16,19)(H,17,18). The maximum absolute atomic E-state index is 12.5. The molecule has 4 saturated carbocycles. The van der Waals surface area contributed by atoms with E-state index in [0.29, 0.717) is 5.92 Å². The van der Waals surface area contributed by atoms with Gasteiger partial charge in [-0.15, -0.1) is 0 Å². The number of hydrogen-bond acceptors (Lipinski definition) is 2. The van der Waals surface area contributed by atoms with Crippen LogP contribution in [0.15, 0.2) is 0 Å². The van der Waals surface area contributed by atoms with Crippen molar-refractivity contribution in [2.45, 2.75) is 52.4 Å². The summed E-state index contributed by atoms with van der Waals surface area (Å²) in [4.78, 5) is 23.2. The maximum Gasteiger partial charge on any atom is 0.322 e. The number of nitrogens with one attached hydrogen (secondary N) is 1. The highest BCUT2D eigenvalue weighted by molar-refractivity contribution is 5.86. The molecule has 0 radical (unpaired) electrons. The van der Waals surface area contributed by atoms with Crippen molar-refractivity contribution in [3.63, 3.8) is 0 Å². The lowest BCUT2D eigenvalue weighted by Gasteiger charge is -2.64. The summed E-state index contributed by atoms with van der Waals surface area (Å²) in [7, 11) is 0. The quantitative estimate of drug-likeness (QED) is 0.822. The van der Waals surface area contributed by atoms with E-state index in [1.165, 1.54) is 19.3 Å². The average Bonchev–Trinajstić information content (AvgIpc) is 2.20. The van der Waals surface area contributed by atoms with Crippen molar-refractivity contribution in [1.82, 2.24) is 5.32 Å². The minimum absolute atomic E-state index is 0.0172. The van der Waals surface area contributed by atoms with E-state index in [1.807, 2.05) is 0 Å². The largest absolute Gasteiger partial charge is 0.480 e. The Balaban J connectivity index is 1.84. The van der Waals surface area contributed by atoms with Crippen molar-refractivity contribution in [3.8, 4) is 0 Å². The molecule has 2 unspecified atom stereocenters. The number of carboxylic acids is 1. The van der Waals surface area contributed by atoms with Crippen LogP contribution in [0.3, 0.4) is 0 Å². The van der Waals surface area contributed by atoms with Gasteiger partial charge < -0.3 is 10.4 Å². The molecule has 0 spiro atoms. The van der Waals surface area contributed by atoms with Gasteiger partial charge in [-0.2, -0.15) is 0 Å². The molecule has 2 atom stereocenters. The summed E-state index contributed by atoms with van der Waals surface area (Å²) >= 11 is 0. The van der Waals surface area contributed by atoms with Crippen LogP contribution >= 0.6 is 0 Å². The van der Waals surface area contributed by atoms with E-state index < -0.39 is 5.97 Å². The molecule has 4 rings (SSSR count). The molecule has 19 heavy (non-hydrogen) atoms. The number of amides is 1. The topological polar surface area (TPSA) is 66.4 Å². The van der Waals surface area contributed by atoms with Crippen molar-refractivity contribution in [2.75, 3.05) is 6.54 Å². The SMILES string of the molecule is CC12CC3CC(C)(C1)CC(C(=O)NCC(=O)O)(C3)C2. The fraction of sp³-hybridized carbons (Fsp3) is 0.867. The lowest BCUT2D eigenvalue weighted by Crippen LogP contribution is -2.60. The average molecular weight is 265 g/mol. The van der Waals surface area contributed by atoms with Gasteiger partial charge in [0.15, 0.2) is 0 Å². The number of aliphatic carboxylic acids is 1. The van der Waals surface area contributed by atoms with Gasteiger partial charge in [-0.1, -0.05) is 13.8 Å². The summed E-state index contributed by atoms with van der Waals surface area (Å²) in [5.74, 6) is -0.325. The first kappa shape index (κ1) is 12.9. The number of rotatable bonds is 3. The molecule has 4 heteroatoms. The summed E-state index contributed by atoms with van der Waals surface area (Å²) in [6, 6.07) is 0. The van der Waals surface area contributed by atoms with Gasteiger partial charge in [0.25, 0.3) is 0 Å². The Kier molecular flexibility index (Phi) is 2.55. The van der Waals surface area contributed by atoms with E-state index in [0.717, 1.165) is 19.3 Å². The second-order valence-corrected chi connectivity index (χ2v) is 7.99. The molecule has 0 aromatic rings. The van der Waals surface area contributed by atoms with Crippen LogP contribution in [-0.2, 0) is 9.59 Å². The summed E-state index contributed by atoms with van der Waals surface area (Å²) in [5, 5.41) is 11.4. The number of carboxylic acid groups (broad SMARTS) is 1. The van der Waals surface area contributed by atoms with Crippen LogP contribution in [-0.4, -0.2) is 23.5 Å². The van der Waals surface area contributed by atoms with Crippen LogP contribution in [0.5, 0.6) is 0 Å². The molecule has 4 fully saturated rings. The van der Waals surface area contributed by atoms with Crippen molar-refractivity contribution >= 4 is 11.9 Å². The molecule has 2 N–H and O–H groups in total. The fourth-order valence-electron chi connectivity index (χ4n) is 6.04. The predicted molar refractivity (Wildman–Crippen MR) is 70.5 cm³/mol. The fourth-order valence-corrected chi connectivity index (χ4v) is 6.04. The van der Waals surface area contributed by atoms with Gasteiger partial charge in [-0.3, -0.25) is 9.59 Å². The van der Waals surface area contributed by atoms with Gasteiger partial charge >= 0.3 is 5.97 Å². The van der Waals surface area contributed by atoms with Crippen molar-refractivity contribution in [2.24, 2.45) is 22.2 Å². The molecule has 0 saturated heterocycles. The van der Waals surface area contributed by atoms with Gasteiger partial charge in [0, 0.05) is 0 Å². The normalized spacial score (nSPS) is 47.2. The third kappa shape index (κ3) is 2.05. The van der Waals surface area contributed by atoms with E-state index in [9.17, 15) is 9.59 Å². The van der Waals surface area contributed by atoms with Gasteiger partial charge in [-0.05, 0) is 55.3 Å². The second-order valence-electron chi connectivity index (χ2n) is 7.99. The summed E-state index contributed by atoms with van der Waals surface area (Å²) in [6.07, 6.45) is 6.57. The molecule has 0 heterocycles. The van der Waals surface area contributed by atoms with Crippen LogP contribution in [0, 0.1) is 22.2 Å². The van der Waals surface area contributed by atoms with Crippen molar-refractivity contribution < 1.29 is 14.7 Å². The Morgan fingerprint density at radius 3 is 2.16 bits per heavy atom. The first-order chi connectivity index (χ1) is 8.74. The highest BCUT2D eigenvalue weighted by atomic mass is 16.4. The Bertz CT molecular complexity index is 427. The molecule has 0 aliphatic heterocycles. The zero-order chi connectivity index (χ0) is 13.9. The van der Waals surface area contributed by atoms with E-state index in [1.54, 1.807) is 0 Å². The highest BCUT2D eigenvalue weighted by Gasteiger charge is 2.62. The number of hydrogen-bond donors (Lipinski definition) is 2. The van der Waals surface area contributed by atoms with E-state index >= 15 is 0 Å². The van der Waals surface area contributed by atoms with E-state index in [4.69, 9.17) is 5.11 Å². The van der Waals surface area contributed by atoms with Crippen LogP contribution in [0.1, 0.15) is 52.4 Å². The minimum atomic E-state index is -0.962. The van der Waals surface area contributed by atoms with Gasteiger partial charge in [-0.25, -0.2) is 0 Å². The van der Waals surface area contributed by atoms with Crippen molar-refractivity contribution in [3.05, 3.63) is 0 Å². The molecule has 4 aliphatic rings. The molecule has 106 valence electrons. The molecular formula is C15H23NO3. The van der Waals surface area contributed by atoms with Crippen LogP contribution in [0.2, 0.25) is 0 Å². The monoisotopic (exact) mass is 265 g/mol. The molecule has 0 aromatic carbocycles. The third-order valence-electron chi connectivity index (χ3n) is 5.51. The molecule has 1 amide bonds. The first-order valence-corrected chi connectivity index (χ1v) is 7.25. The summed E-state index contributed by atoms with van der Waals surface area (Å²) in [5.41, 5.74) is 0.280. The number of carbonyl (C=O) groups excluding carboxylic acids is 1. The van der Waals surface area contributed by atoms with E-state index in [-0.39, 0.29) is 28.7 Å². The Hall–Kier alpha value is -1.06. The molecule has 4 bridgehead atoms. The molecule has 4 aliphatic carbocycles. The maximum atomic E-state index is 12.5. The highest BCUT2D eigenvalue weighted by Crippen LogP contribution is 2.69. The zero-order valence-corrected chi connectivity index (χ0v) is 11.8. The smallest absolute Gasteiger partial charge is 0.322 e.